The molecule has 2 saturated carbocycles. The van der Waals surface area contributed by atoms with Crippen molar-refractivity contribution in [2.24, 2.45) is 22.2 Å². The third-order valence-electron chi connectivity index (χ3n) is 9.37. The maximum atomic E-state index is 13.6. The number of fused-ring (bicyclic) bond motifs is 4. The monoisotopic (exact) mass is 427 g/mol. The lowest BCUT2D eigenvalue weighted by atomic mass is 9.70. The molecular formula is C25H33NO3S. The topological polar surface area (TPSA) is 54.5 Å². The zero-order chi connectivity index (χ0) is 21.6. The van der Waals surface area contributed by atoms with Crippen LogP contribution in [-0.2, 0) is 20.2 Å². The highest BCUT2D eigenvalue weighted by Crippen LogP contribution is 2.70. The molecule has 1 aromatic rings. The Balaban J connectivity index is 1.38. The molecule has 0 aromatic heterocycles. The van der Waals surface area contributed by atoms with E-state index in [0.29, 0.717) is 19.5 Å². The number of Topliss-reactive ketones (excluding diaryl/α,β-unsaturated/α-hetero) is 1. The SMILES string of the molecule is CC1(C)C(=O)[C@]2(CS(=O)(=O)N3CCC4(C=Cc5ccccc54)CC3)CCC1C2(C)C. The van der Waals surface area contributed by atoms with Crippen LogP contribution in [0.5, 0.6) is 0 Å². The van der Waals surface area contributed by atoms with Gasteiger partial charge in [0.2, 0.25) is 10.0 Å². The fourth-order valence-electron chi connectivity index (χ4n) is 7.61. The molecule has 1 heterocycles. The molecule has 1 aliphatic heterocycles. The summed E-state index contributed by atoms with van der Waals surface area (Å²) >= 11 is 0. The van der Waals surface area contributed by atoms with E-state index in [1.165, 1.54) is 11.1 Å². The van der Waals surface area contributed by atoms with Crippen LogP contribution in [-0.4, -0.2) is 37.3 Å². The predicted molar refractivity (Wildman–Crippen MR) is 119 cm³/mol. The van der Waals surface area contributed by atoms with Crippen LogP contribution in [0.1, 0.15) is 64.5 Å². The first-order chi connectivity index (χ1) is 14.0. The van der Waals surface area contributed by atoms with Crippen LogP contribution in [0, 0.1) is 22.2 Å². The van der Waals surface area contributed by atoms with E-state index in [4.69, 9.17) is 0 Å². The molecule has 3 fully saturated rings. The van der Waals surface area contributed by atoms with Crippen LogP contribution < -0.4 is 0 Å². The number of hydrogen-bond donors (Lipinski definition) is 0. The second-order valence-electron chi connectivity index (χ2n) is 11.2. The number of rotatable bonds is 3. The van der Waals surface area contributed by atoms with Crippen molar-refractivity contribution in [3.63, 3.8) is 0 Å². The molecule has 4 nitrogen and oxygen atoms in total. The number of allylic oxidation sites excluding steroid dienone is 1. The molecule has 5 heteroatoms. The summed E-state index contributed by atoms with van der Waals surface area (Å²) in [6.45, 7) is 9.33. The predicted octanol–water partition coefficient (Wildman–Crippen LogP) is 4.41. The first-order valence-corrected chi connectivity index (χ1v) is 12.9. The lowest BCUT2D eigenvalue weighted by molar-refractivity contribution is -0.135. The summed E-state index contributed by atoms with van der Waals surface area (Å²) in [6.07, 6.45) is 7.72. The number of benzene rings is 1. The summed E-state index contributed by atoms with van der Waals surface area (Å²) in [4.78, 5) is 13.4. The smallest absolute Gasteiger partial charge is 0.215 e. The maximum absolute atomic E-state index is 13.6. The molecule has 1 unspecified atom stereocenters. The highest BCUT2D eigenvalue weighted by atomic mass is 32.2. The Morgan fingerprint density at radius 1 is 1.03 bits per heavy atom. The second kappa shape index (κ2) is 6.07. The van der Waals surface area contributed by atoms with E-state index in [-0.39, 0.29) is 28.3 Å². The van der Waals surface area contributed by atoms with Gasteiger partial charge in [0.05, 0.1) is 11.2 Å². The van der Waals surface area contributed by atoms with Crippen LogP contribution >= 0.6 is 0 Å². The Labute approximate surface area is 180 Å². The molecule has 0 amide bonds. The third-order valence-corrected chi connectivity index (χ3v) is 11.4. The first-order valence-electron chi connectivity index (χ1n) is 11.3. The average Bonchev–Trinajstić information content (AvgIpc) is 3.20. The molecule has 162 valence electrons. The fraction of sp³-hybridized carbons (Fsp3) is 0.640. The number of sulfonamides is 1. The number of ketones is 1. The number of nitrogens with zero attached hydrogens (tertiary/aromatic N) is 1. The first kappa shape index (κ1) is 20.4. The third kappa shape index (κ3) is 2.42. The average molecular weight is 428 g/mol. The number of carbonyl (C=O) groups is 1. The van der Waals surface area contributed by atoms with Gasteiger partial charge in [0.25, 0.3) is 0 Å². The molecule has 2 bridgehead atoms. The molecule has 1 saturated heterocycles. The van der Waals surface area contributed by atoms with Crippen molar-refractivity contribution in [3.8, 4) is 0 Å². The lowest BCUT2D eigenvalue weighted by Crippen LogP contribution is -2.50. The van der Waals surface area contributed by atoms with Crippen molar-refractivity contribution in [2.45, 2.75) is 58.8 Å². The van der Waals surface area contributed by atoms with Crippen molar-refractivity contribution >= 4 is 21.9 Å². The Morgan fingerprint density at radius 2 is 1.70 bits per heavy atom. The fourth-order valence-corrected chi connectivity index (χ4v) is 9.80. The summed E-state index contributed by atoms with van der Waals surface area (Å²) in [6, 6.07) is 8.44. The number of hydrogen-bond acceptors (Lipinski definition) is 3. The van der Waals surface area contributed by atoms with Crippen LogP contribution in [0.15, 0.2) is 30.3 Å². The molecular weight excluding hydrogens is 394 g/mol. The minimum Gasteiger partial charge on any atom is -0.298 e. The van der Waals surface area contributed by atoms with Gasteiger partial charge in [0, 0.05) is 23.9 Å². The van der Waals surface area contributed by atoms with Crippen LogP contribution in [0.25, 0.3) is 6.08 Å². The van der Waals surface area contributed by atoms with Gasteiger partial charge in [-0.05, 0) is 48.1 Å². The highest BCUT2D eigenvalue weighted by molar-refractivity contribution is 7.89. The molecule has 30 heavy (non-hydrogen) atoms. The van der Waals surface area contributed by atoms with E-state index >= 15 is 0 Å². The van der Waals surface area contributed by atoms with Crippen molar-refractivity contribution in [3.05, 3.63) is 41.5 Å². The van der Waals surface area contributed by atoms with Gasteiger partial charge >= 0.3 is 0 Å². The van der Waals surface area contributed by atoms with Crippen LogP contribution in [0.4, 0.5) is 0 Å². The van der Waals surface area contributed by atoms with E-state index in [9.17, 15) is 13.2 Å². The van der Waals surface area contributed by atoms with Gasteiger partial charge < -0.3 is 0 Å². The molecule has 2 atom stereocenters. The van der Waals surface area contributed by atoms with Crippen molar-refractivity contribution in [1.29, 1.82) is 0 Å². The Morgan fingerprint density at radius 3 is 2.33 bits per heavy atom. The molecule has 5 rings (SSSR count). The Bertz CT molecular complexity index is 1040. The molecule has 4 aliphatic rings. The highest BCUT2D eigenvalue weighted by Gasteiger charge is 2.72. The van der Waals surface area contributed by atoms with Gasteiger partial charge in [-0.25, -0.2) is 12.7 Å². The molecule has 0 radical (unpaired) electrons. The van der Waals surface area contributed by atoms with E-state index in [0.717, 1.165) is 19.3 Å². The lowest BCUT2D eigenvalue weighted by Gasteiger charge is -2.41. The Kier molecular flexibility index (Phi) is 4.14. The van der Waals surface area contributed by atoms with Gasteiger partial charge in [-0.3, -0.25) is 4.79 Å². The largest absolute Gasteiger partial charge is 0.298 e. The van der Waals surface area contributed by atoms with Gasteiger partial charge in [-0.2, -0.15) is 0 Å². The minimum absolute atomic E-state index is 0.0226. The van der Waals surface area contributed by atoms with E-state index in [1.54, 1.807) is 4.31 Å². The minimum atomic E-state index is -3.50. The summed E-state index contributed by atoms with van der Waals surface area (Å²) in [7, 11) is -3.50. The normalized spacial score (nSPS) is 33.3. The van der Waals surface area contributed by atoms with Gasteiger partial charge in [0.1, 0.15) is 5.78 Å². The maximum Gasteiger partial charge on any atom is 0.215 e. The molecule has 3 aliphatic carbocycles. The van der Waals surface area contributed by atoms with Gasteiger partial charge in [-0.15, -0.1) is 0 Å². The zero-order valence-electron chi connectivity index (χ0n) is 18.6. The van der Waals surface area contributed by atoms with E-state index in [1.807, 2.05) is 13.8 Å². The van der Waals surface area contributed by atoms with E-state index in [2.05, 4.69) is 50.3 Å². The van der Waals surface area contributed by atoms with Gasteiger partial charge in [-0.1, -0.05) is 64.1 Å². The van der Waals surface area contributed by atoms with Crippen LogP contribution in [0.3, 0.4) is 0 Å². The zero-order valence-corrected chi connectivity index (χ0v) is 19.4. The summed E-state index contributed by atoms with van der Waals surface area (Å²) in [5.74, 6) is 0.406. The van der Waals surface area contributed by atoms with Crippen molar-refractivity contribution in [1.82, 2.24) is 4.31 Å². The standard InChI is InChI=1S/C25H33NO3S/c1-22(2)20-10-12-25(21(22)27,23(20,3)4)17-30(28,29)26-15-13-24(14-16-26)11-9-18-7-5-6-8-19(18)24/h5-9,11,20H,10,12-17H2,1-4H3/t20?,25-/m1/s1. The van der Waals surface area contributed by atoms with Gasteiger partial charge in [0.15, 0.2) is 0 Å². The number of carbonyl (C=O) groups excluding carboxylic acids is 1. The van der Waals surface area contributed by atoms with Crippen molar-refractivity contribution in [2.75, 3.05) is 18.8 Å². The Hall–Kier alpha value is -1.46. The second-order valence-corrected chi connectivity index (χ2v) is 13.1. The van der Waals surface area contributed by atoms with Crippen LogP contribution in [0.2, 0.25) is 0 Å². The summed E-state index contributed by atoms with van der Waals surface area (Å²) < 4.78 is 28.8. The van der Waals surface area contributed by atoms with E-state index < -0.39 is 20.9 Å². The molecule has 0 N–H and O–H groups in total. The summed E-state index contributed by atoms with van der Waals surface area (Å²) in [5, 5.41) is 0. The number of piperidine rings is 1. The quantitative estimate of drug-likeness (QED) is 0.718. The molecule has 1 spiro atoms. The summed E-state index contributed by atoms with van der Waals surface area (Å²) in [5.41, 5.74) is 1.10. The van der Waals surface area contributed by atoms with Crippen molar-refractivity contribution < 1.29 is 13.2 Å². The molecule has 1 aromatic carbocycles.